The number of aromatic nitrogens is 2. The fourth-order valence-electron chi connectivity index (χ4n) is 3.72. The summed E-state index contributed by atoms with van der Waals surface area (Å²) in [6, 6.07) is 16.5. The van der Waals surface area contributed by atoms with Crippen molar-refractivity contribution in [3.63, 3.8) is 0 Å². The SMILES string of the molecule is [C-]#[N+]c1cnc2c(n1)N(c1ccccc1C)C(OC)N2c1ccc(C(C)(C)C)cc1. The van der Waals surface area contributed by atoms with Gasteiger partial charge in [-0.2, -0.15) is 0 Å². The lowest BCUT2D eigenvalue weighted by Gasteiger charge is -2.31. The molecule has 0 bridgehead atoms. The third kappa shape index (κ3) is 3.27. The van der Waals surface area contributed by atoms with E-state index in [-0.39, 0.29) is 11.2 Å². The lowest BCUT2D eigenvalue weighted by atomic mass is 9.87. The van der Waals surface area contributed by atoms with Gasteiger partial charge in [-0.1, -0.05) is 62.7 Å². The zero-order chi connectivity index (χ0) is 21.5. The molecule has 0 saturated carbocycles. The minimum atomic E-state index is -0.470. The Kier molecular flexibility index (Phi) is 4.92. The van der Waals surface area contributed by atoms with Crippen LogP contribution < -0.4 is 9.80 Å². The van der Waals surface area contributed by atoms with Crippen molar-refractivity contribution in [3.05, 3.63) is 77.3 Å². The van der Waals surface area contributed by atoms with Crippen LogP contribution in [0.1, 0.15) is 31.9 Å². The van der Waals surface area contributed by atoms with Gasteiger partial charge in [0.05, 0.1) is 11.9 Å². The van der Waals surface area contributed by atoms with Gasteiger partial charge in [0.25, 0.3) is 11.6 Å². The van der Waals surface area contributed by atoms with Gasteiger partial charge in [-0.15, -0.1) is 0 Å². The molecule has 0 N–H and O–H groups in total. The first kappa shape index (κ1) is 19.9. The Hall–Kier alpha value is -3.43. The van der Waals surface area contributed by atoms with Crippen molar-refractivity contribution in [2.24, 2.45) is 0 Å². The Morgan fingerprint density at radius 1 is 1.00 bits per heavy atom. The van der Waals surface area contributed by atoms with Crippen molar-refractivity contribution >= 4 is 28.8 Å². The smallest absolute Gasteiger partial charge is 0.290 e. The maximum atomic E-state index is 7.37. The number of hydrogen-bond acceptors (Lipinski definition) is 5. The van der Waals surface area contributed by atoms with Crippen molar-refractivity contribution in [1.29, 1.82) is 0 Å². The van der Waals surface area contributed by atoms with Crippen molar-refractivity contribution < 1.29 is 4.74 Å². The molecule has 152 valence electrons. The number of aryl methyl sites for hydroxylation is 1. The zero-order valence-electron chi connectivity index (χ0n) is 17.9. The van der Waals surface area contributed by atoms with E-state index in [1.807, 2.05) is 28.0 Å². The molecule has 0 fully saturated rings. The molecule has 1 atom stereocenters. The number of methoxy groups -OCH3 is 1. The molecule has 0 radical (unpaired) electrons. The number of para-hydroxylation sites is 1. The molecule has 4 rings (SSSR count). The molecule has 0 aliphatic carbocycles. The summed E-state index contributed by atoms with van der Waals surface area (Å²) < 4.78 is 5.95. The van der Waals surface area contributed by atoms with Crippen LogP contribution in [0.15, 0.2) is 54.7 Å². The first-order chi connectivity index (χ1) is 14.3. The van der Waals surface area contributed by atoms with E-state index in [9.17, 15) is 0 Å². The monoisotopic (exact) mass is 399 g/mol. The van der Waals surface area contributed by atoms with Crippen LogP contribution in [0.5, 0.6) is 0 Å². The van der Waals surface area contributed by atoms with Gasteiger partial charge in [-0.05, 0) is 41.7 Å². The van der Waals surface area contributed by atoms with Crippen LogP contribution in [0.2, 0.25) is 0 Å². The summed E-state index contributed by atoms with van der Waals surface area (Å²) in [5, 5.41) is 0. The Labute approximate surface area is 177 Å². The van der Waals surface area contributed by atoms with E-state index in [2.05, 4.69) is 72.8 Å². The van der Waals surface area contributed by atoms with Crippen molar-refractivity contribution in [3.8, 4) is 0 Å². The van der Waals surface area contributed by atoms with Gasteiger partial charge >= 0.3 is 0 Å². The highest BCUT2D eigenvalue weighted by Gasteiger charge is 2.43. The summed E-state index contributed by atoms with van der Waals surface area (Å²) >= 11 is 0. The number of anilines is 4. The third-order valence-corrected chi connectivity index (χ3v) is 5.33. The third-order valence-electron chi connectivity index (χ3n) is 5.33. The van der Waals surface area contributed by atoms with Gasteiger partial charge in [0.15, 0.2) is 0 Å². The minimum absolute atomic E-state index is 0.0691. The van der Waals surface area contributed by atoms with E-state index in [4.69, 9.17) is 11.3 Å². The topological polar surface area (TPSA) is 45.9 Å². The number of rotatable bonds is 3. The van der Waals surface area contributed by atoms with Crippen molar-refractivity contribution in [2.75, 3.05) is 16.9 Å². The second-order valence-corrected chi connectivity index (χ2v) is 8.37. The van der Waals surface area contributed by atoms with Gasteiger partial charge in [0, 0.05) is 12.8 Å². The predicted molar refractivity (Wildman–Crippen MR) is 120 cm³/mol. The Balaban J connectivity index is 1.88. The van der Waals surface area contributed by atoms with Crippen LogP contribution in [-0.4, -0.2) is 23.4 Å². The average molecular weight is 399 g/mol. The quantitative estimate of drug-likeness (QED) is 0.517. The van der Waals surface area contributed by atoms with Gasteiger partial charge in [-0.3, -0.25) is 9.80 Å². The lowest BCUT2D eigenvalue weighted by Crippen LogP contribution is -2.40. The number of hydrogen-bond donors (Lipinski definition) is 0. The van der Waals surface area contributed by atoms with Crippen LogP contribution >= 0.6 is 0 Å². The van der Waals surface area contributed by atoms with E-state index in [0.717, 1.165) is 16.9 Å². The highest BCUT2D eigenvalue weighted by atomic mass is 16.5. The van der Waals surface area contributed by atoms with E-state index in [0.29, 0.717) is 11.6 Å². The molecule has 6 nitrogen and oxygen atoms in total. The molecule has 1 unspecified atom stereocenters. The molecule has 3 aromatic rings. The molecule has 2 heterocycles. The predicted octanol–water partition coefficient (Wildman–Crippen LogP) is 5.85. The maximum absolute atomic E-state index is 7.37. The van der Waals surface area contributed by atoms with E-state index in [1.165, 1.54) is 11.8 Å². The molecule has 1 aromatic heterocycles. The van der Waals surface area contributed by atoms with Crippen LogP contribution in [-0.2, 0) is 10.2 Å². The summed E-state index contributed by atoms with van der Waals surface area (Å²) in [7, 11) is 1.67. The first-order valence-electron chi connectivity index (χ1n) is 9.87. The normalized spacial score (nSPS) is 15.8. The van der Waals surface area contributed by atoms with E-state index < -0.39 is 6.35 Å². The van der Waals surface area contributed by atoms with Gasteiger partial charge in [0.2, 0.25) is 12.2 Å². The van der Waals surface area contributed by atoms with Crippen LogP contribution in [0, 0.1) is 13.5 Å². The molecule has 2 aromatic carbocycles. The summed E-state index contributed by atoms with van der Waals surface area (Å²) in [4.78, 5) is 16.7. The summed E-state index contributed by atoms with van der Waals surface area (Å²) in [6.07, 6.45) is 1.04. The lowest BCUT2D eigenvalue weighted by molar-refractivity contribution is 0.118. The van der Waals surface area contributed by atoms with Crippen molar-refractivity contribution in [1.82, 2.24) is 9.97 Å². The maximum Gasteiger partial charge on any atom is 0.290 e. The Morgan fingerprint density at radius 2 is 1.70 bits per heavy atom. The highest BCUT2D eigenvalue weighted by molar-refractivity contribution is 5.84. The largest absolute Gasteiger partial charge is 0.359 e. The van der Waals surface area contributed by atoms with Crippen LogP contribution in [0.3, 0.4) is 0 Å². The van der Waals surface area contributed by atoms with Crippen molar-refractivity contribution in [2.45, 2.75) is 39.5 Å². The second kappa shape index (κ2) is 7.43. The fourth-order valence-corrected chi connectivity index (χ4v) is 3.72. The zero-order valence-corrected chi connectivity index (χ0v) is 17.9. The molecule has 0 saturated heterocycles. The molecule has 1 aliphatic heterocycles. The fraction of sp³-hybridized carbons (Fsp3) is 0.292. The second-order valence-electron chi connectivity index (χ2n) is 8.37. The first-order valence-corrected chi connectivity index (χ1v) is 9.87. The summed E-state index contributed by atoms with van der Waals surface area (Å²) in [6.45, 7) is 16.0. The molecular formula is C24H25N5O. The highest BCUT2D eigenvalue weighted by Crippen LogP contribution is 2.47. The molecule has 6 heteroatoms. The minimum Gasteiger partial charge on any atom is -0.359 e. The summed E-state index contributed by atoms with van der Waals surface area (Å²) in [5.41, 5.74) is 4.34. The molecular weight excluding hydrogens is 374 g/mol. The number of fused-ring (bicyclic) bond motifs is 1. The van der Waals surface area contributed by atoms with Gasteiger partial charge < -0.3 is 9.58 Å². The number of ether oxygens (including phenoxy) is 1. The van der Waals surface area contributed by atoms with E-state index >= 15 is 0 Å². The molecule has 1 aliphatic rings. The average Bonchev–Trinajstić information content (AvgIpc) is 3.06. The Morgan fingerprint density at radius 3 is 2.30 bits per heavy atom. The molecule has 0 spiro atoms. The molecule has 0 amide bonds. The number of nitrogens with zero attached hydrogens (tertiary/aromatic N) is 5. The Bertz CT molecular complexity index is 1110. The van der Waals surface area contributed by atoms with Gasteiger partial charge in [0.1, 0.15) is 0 Å². The summed E-state index contributed by atoms with van der Waals surface area (Å²) in [5.74, 6) is 1.54. The van der Waals surface area contributed by atoms with Crippen LogP contribution in [0.4, 0.5) is 28.8 Å². The molecule has 30 heavy (non-hydrogen) atoms. The van der Waals surface area contributed by atoms with Gasteiger partial charge in [-0.25, -0.2) is 4.98 Å². The van der Waals surface area contributed by atoms with Crippen LogP contribution in [0.25, 0.3) is 4.85 Å². The number of benzene rings is 2. The van der Waals surface area contributed by atoms with E-state index in [1.54, 1.807) is 7.11 Å². The standard InChI is InChI=1S/C24H25N5O/c1-16-9-7-8-10-19(16)29-22-21(26-15-20(25-5)27-22)28(23(29)30-6)18-13-11-17(12-14-18)24(2,3)4/h7-15,23H,1-4,6H3.